The van der Waals surface area contributed by atoms with Crippen molar-refractivity contribution in [2.75, 3.05) is 31.1 Å². The summed E-state index contributed by atoms with van der Waals surface area (Å²) in [6.07, 6.45) is 8.67. The Bertz CT molecular complexity index is 620. The Morgan fingerprint density at radius 1 is 1.32 bits per heavy atom. The molecule has 1 aromatic carbocycles. The molecule has 1 N–H and O–H groups in total. The molecule has 3 nitrogen and oxygen atoms in total. The number of benzene rings is 1. The van der Waals surface area contributed by atoms with E-state index in [1.54, 1.807) is 0 Å². The third kappa shape index (κ3) is 9.29. The second kappa shape index (κ2) is 10.2. The highest BCUT2D eigenvalue weighted by atomic mass is 32.3. The third-order valence-corrected chi connectivity index (χ3v) is 6.81. The van der Waals surface area contributed by atoms with Crippen molar-refractivity contribution in [2.45, 2.75) is 30.9 Å². The molecule has 0 aliphatic heterocycles. The number of nitriles is 1. The molecule has 0 bridgehead atoms. The van der Waals surface area contributed by atoms with Crippen LogP contribution in [0.1, 0.15) is 31.7 Å². The molecular formula is C19H28N2OS3. The summed E-state index contributed by atoms with van der Waals surface area (Å²) in [7, 11) is -0.513. The predicted molar refractivity (Wildman–Crippen MR) is 117 cm³/mol. The lowest BCUT2D eigenvalue weighted by atomic mass is 10.1. The molecular weight excluding hydrogens is 368 g/mol. The van der Waals surface area contributed by atoms with Crippen LogP contribution in [0.2, 0.25) is 0 Å². The zero-order chi connectivity index (χ0) is 18.9. The molecule has 1 aromatic rings. The molecule has 1 atom stereocenters. The predicted octanol–water partition coefficient (Wildman–Crippen LogP) is 4.36. The van der Waals surface area contributed by atoms with Gasteiger partial charge in [-0.05, 0) is 49.8 Å². The summed E-state index contributed by atoms with van der Waals surface area (Å²) in [5, 5.41) is 12.5. The normalized spacial score (nSPS) is 14.2. The monoisotopic (exact) mass is 396 g/mol. The standard InChI is InChI=1S/C19H28N2OS3/c1-19(15-20,24-18(23)16-9-6-5-7-10-16)12-11-17(22)21-13-8-14-25(2,3)4/h5-7,9-10H,8,11-14H2,1-4H3,(H,21,22). The van der Waals surface area contributed by atoms with Gasteiger partial charge in [-0.1, -0.05) is 54.3 Å². The first kappa shape index (κ1) is 22.0. The zero-order valence-electron chi connectivity index (χ0n) is 15.5. The summed E-state index contributed by atoms with van der Waals surface area (Å²) in [4.78, 5) is 12.0. The number of nitrogens with one attached hydrogen (secondary N) is 1. The van der Waals surface area contributed by atoms with Crippen LogP contribution in [0.3, 0.4) is 0 Å². The minimum atomic E-state index is -0.695. The van der Waals surface area contributed by atoms with Gasteiger partial charge in [0.2, 0.25) is 5.91 Å². The Balaban J connectivity index is 2.43. The van der Waals surface area contributed by atoms with E-state index in [1.165, 1.54) is 11.8 Å². The van der Waals surface area contributed by atoms with Crippen molar-refractivity contribution in [3.63, 3.8) is 0 Å². The Kier molecular flexibility index (Phi) is 8.98. The number of rotatable bonds is 9. The summed E-state index contributed by atoms with van der Waals surface area (Å²) < 4.78 is -0.00183. The van der Waals surface area contributed by atoms with Crippen LogP contribution >= 0.6 is 34.0 Å². The number of carbonyl (C=O) groups is 1. The lowest BCUT2D eigenvalue weighted by Gasteiger charge is -2.25. The first-order valence-electron chi connectivity index (χ1n) is 8.27. The Morgan fingerprint density at radius 3 is 2.52 bits per heavy atom. The molecule has 25 heavy (non-hydrogen) atoms. The van der Waals surface area contributed by atoms with Crippen LogP contribution in [0.25, 0.3) is 0 Å². The minimum Gasteiger partial charge on any atom is -0.356 e. The van der Waals surface area contributed by atoms with E-state index in [1.807, 2.05) is 37.3 Å². The molecule has 0 radical (unpaired) electrons. The van der Waals surface area contributed by atoms with Gasteiger partial charge in [0, 0.05) is 13.0 Å². The van der Waals surface area contributed by atoms with Gasteiger partial charge in [0.05, 0.1) is 10.3 Å². The topological polar surface area (TPSA) is 52.9 Å². The fourth-order valence-electron chi connectivity index (χ4n) is 2.14. The van der Waals surface area contributed by atoms with Gasteiger partial charge >= 0.3 is 0 Å². The van der Waals surface area contributed by atoms with Crippen molar-refractivity contribution in [3.05, 3.63) is 35.9 Å². The summed E-state index contributed by atoms with van der Waals surface area (Å²) in [5.41, 5.74) is 0.943. The average molecular weight is 397 g/mol. The molecule has 1 amide bonds. The van der Waals surface area contributed by atoms with Crippen LogP contribution < -0.4 is 5.32 Å². The number of hydrogen-bond acceptors (Lipinski definition) is 4. The van der Waals surface area contributed by atoms with E-state index in [0.29, 0.717) is 23.6 Å². The van der Waals surface area contributed by atoms with Crippen LogP contribution in [0.5, 0.6) is 0 Å². The molecule has 138 valence electrons. The molecule has 1 unspecified atom stereocenters. The Hall–Kier alpha value is -1.03. The van der Waals surface area contributed by atoms with Gasteiger partial charge in [-0.25, -0.2) is 10.0 Å². The summed E-state index contributed by atoms with van der Waals surface area (Å²) in [6.45, 7) is 2.56. The zero-order valence-corrected chi connectivity index (χ0v) is 18.0. The van der Waals surface area contributed by atoms with Gasteiger partial charge in [-0.2, -0.15) is 5.26 Å². The highest BCUT2D eigenvalue weighted by molar-refractivity contribution is 8.32. The molecule has 0 aliphatic carbocycles. The molecule has 0 aromatic heterocycles. The van der Waals surface area contributed by atoms with Gasteiger partial charge in [0.15, 0.2) is 0 Å². The average Bonchev–Trinajstić information content (AvgIpc) is 2.57. The number of nitrogens with zero attached hydrogens (tertiary/aromatic N) is 1. The highest BCUT2D eigenvalue weighted by Crippen LogP contribution is 2.35. The SMILES string of the molecule is CC(C#N)(CCC(=O)NCCCS(C)(C)C)SC(=S)c1ccccc1. The summed E-state index contributed by atoms with van der Waals surface area (Å²) in [6, 6.07) is 12.0. The lowest BCUT2D eigenvalue weighted by molar-refractivity contribution is -0.121. The quantitative estimate of drug-likeness (QED) is 0.498. The Morgan fingerprint density at radius 2 is 1.96 bits per heavy atom. The van der Waals surface area contributed by atoms with Crippen molar-refractivity contribution >= 4 is 44.1 Å². The first-order chi connectivity index (χ1) is 11.7. The van der Waals surface area contributed by atoms with E-state index in [0.717, 1.165) is 17.7 Å². The van der Waals surface area contributed by atoms with Crippen LogP contribution in [0.15, 0.2) is 30.3 Å². The second-order valence-corrected chi connectivity index (χ2v) is 13.9. The Labute approximate surface area is 163 Å². The third-order valence-electron chi connectivity index (χ3n) is 3.65. The van der Waals surface area contributed by atoms with E-state index in [-0.39, 0.29) is 5.91 Å². The number of hydrogen-bond donors (Lipinski definition) is 1. The number of carbonyl (C=O) groups excluding carboxylic acids is 1. The smallest absolute Gasteiger partial charge is 0.220 e. The van der Waals surface area contributed by atoms with Crippen LogP contribution in [0, 0.1) is 11.3 Å². The van der Waals surface area contributed by atoms with E-state index in [4.69, 9.17) is 12.2 Å². The van der Waals surface area contributed by atoms with Crippen molar-refractivity contribution in [2.24, 2.45) is 0 Å². The molecule has 0 spiro atoms. The van der Waals surface area contributed by atoms with E-state index in [2.05, 4.69) is 30.2 Å². The van der Waals surface area contributed by atoms with Crippen LogP contribution in [0.4, 0.5) is 0 Å². The molecule has 0 saturated heterocycles. The van der Waals surface area contributed by atoms with Gasteiger partial charge in [-0.3, -0.25) is 4.79 Å². The van der Waals surface area contributed by atoms with Crippen molar-refractivity contribution in [1.29, 1.82) is 5.26 Å². The maximum absolute atomic E-state index is 12.0. The molecule has 6 heteroatoms. The second-order valence-electron chi connectivity index (χ2n) is 7.10. The fourth-order valence-corrected chi connectivity index (χ4v) is 4.75. The van der Waals surface area contributed by atoms with Gasteiger partial charge in [-0.15, -0.1) is 0 Å². The van der Waals surface area contributed by atoms with Crippen molar-refractivity contribution in [1.82, 2.24) is 5.32 Å². The van der Waals surface area contributed by atoms with E-state index >= 15 is 0 Å². The largest absolute Gasteiger partial charge is 0.356 e. The maximum Gasteiger partial charge on any atom is 0.220 e. The van der Waals surface area contributed by atoms with Crippen molar-refractivity contribution in [3.8, 4) is 6.07 Å². The van der Waals surface area contributed by atoms with Gasteiger partial charge < -0.3 is 5.32 Å². The number of thioether (sulfide) groups is 1. The van der Waals surface area contributed by atoms with Crippen LogP contribution in [-0.4, -0.2) is 45.9 Å². The van der Waals surface area contributed by atoms with E-state index in [9.17, 15) is 10.1 Å². The van der Waals surface area contributed by atoms with Crippen molar-refractivity contribution < 1.29 is 4.79 Å². The van der Waals surface area contributed by atoms with Gasteiger partial charge in [0.25, 0.3) is 0 Å². The summed E-state index contributed by atoms with van der Waals surface area (Å²) >= 11 is 6.82. The molecule has 1 rings (SSSR count). The first-order valence-corrected chi connectivity index (χ1v) is 12.5. The molecule has 0 fully saturated rings. The highest BCUT2D eigenvalue weighted by Gasteiger charge is 2.28. The maximum atomic E-state index is 12.0. The van der Waals surface area contributed by atoms with Gasteiger partial charge in [0.1, 0.15) is 4.75 Å². The van der Waals surface area contributed by atoms with Crippen LogP contribution in [-0.2, 0) is 4.79 Å². The minimum absolute atomic E-state index is 0.0108. The molecule has 0 heterocycles. The lowest BCUT2D eigenvalue weighted by Crippen LogP contribution is -2.28. The summed E-state index contributed by atoms with van der Waals surface area (Å²) in [5.74, 6) is 1.17. The molecule has 0 saturated carbocycles. The number of thiocarbonyl (C=S) groups is 1. The molecule has 0 aliphatic rings. The number of amides is 1. The van der Waals surface area contributed by atoms with E-state index < -0.39 is 14.8 Å². The fraction of sp³-hybridized carbons (Fsp3) is 0.526.